The number of rotatable bonds is 6. The van der Waals surface area contributed by atoms with E-state index in [-0.39, 0.29) is 0 Å². The molecule has 1 atom stereocenters. The van der Waals surface area contributed by atoms with Gasteiger partial charge in [-0.15, -0.1) is 0 Å². The molecule has 1 aliphatic heterocycles. The van der Waals surface area contributed by atoms with Gasteiger partial charge in [0.15, 0.2) is 11.5 Å². The molecule has 4 nitrogen and oxygen atoms in total. The molecule has 1 aromatic carbocycles. The van der Waals surface area contributed by atoms with E-state index in [1.807, 2.05) is 6.07 Å². The number of para-hydroxylation sites is 1. The van der Waals surface area contributed by atoms with E-state index in [0.717, 1.165) is 31.1 Å². The molecule has 24 heavy (non-hydrogen) atoms. The third-order valence-corrected chi connectivity index (χ3v) is 5.86. The predicted molar refractivity (Wildman–Crippen MR) is 97.9 cm³/mol. The van der Waals surface area contributed by atoms with Crippen LogP contribution in [0.2, 0.25) is 0 Å². The molecule has 2 aliphatic rings. The first-order chi connectivity index (χ1) is 11.7. The topological polar surface area (TPSA) is 33.7 Å². The fraction of sp³-hybridized carbons (Fsp3) is 0.700. The van der Waals surface area contributed by atoms with E-state index < -0.39 is 0 Å². The van der Waals surface area contributed by atoms with E-state index in [4.69, 9.17) is 9.47 Å². The van der Waals surface area contributed by atoms with Gasteiger partial charge in [-0.2, -0.15) is 0 Å². The zero-order chi connectivity index (χ0) is 17.0. The molecule has 1 unspecified atom stereocenters. The van der Waals surface area contributed by atoms with Crippen molar-refractivity contribution in [2.75, 3.05) is 27.3 Å². The second-order valence-electron chi connectivity index (χ2n) is 7.28. The van der Waals surface area contributed by atoms with Gasteiger partial charge in [-0.25, -0.2) is 0 Å². The summed E-state index contributed by atoms with van der Waals surface area (Å²) in [6.45, 7) is 5.34. The number of hydrogen-bond donors (Lipinski definition) is 1. The Morgan fingerprint density at radius 2 is 1.96 bits per heavy atom. The lowest BCUT2D eigenvalue weighted by atomic mass is 9.79. The quantitative estimate of drug-likeness (QED) is 0.863. The summed E-state index contributed by atoms with van der Waals surface area (Å²) in [7, 11) is 3.45. The maximum Gasteiger partial charge on any atom is 0.165 e. The van der Waals surface area contributed by atoms with Gasteiger partial charge in [0.05, 0.1) is 14.2 Å². The molecule has 4 heteroatoms. The van der Waals surface area contributed by atoms with E-state index in [1.54, 1.807) is 14.2 Å². The third-order valence-electron chi connectivity index (χ3n) is 5.86. The van der Waals surface area contributed by atoms with E-state index in [0.29, 0.717) is 11.6 Å². The second-order valence-corrected chi connectivity index (χ2v) is 7.28. The van der Waals surface area contributed by atoms with Crippen molar-refractivity contribution < 1.29 is 9.47 Å². The van der Waals surface area contributed by atoms with Gasteiger partial charge in [0.2, 0.25) is 0 Å². The molecule has 2 fully saturated rings. The maximum atomic E-state index is 5.66. The summed E-state index contributed by atoms with van der Waals surface area (Å²) >= 11 is 0. The number of ether oxygens (including phenoxy) is 2. The minimum Gasteiger partial charge on any atom is -0.493 e. The zero-order valence-electron chi connectivity index (χ0n) is 15.4. The molecular weight excluding hydrogens is 300 g/mol. The van der Waals surface area contributed by atoms with Gasteiger partial charge < -0.3 is 14.8 Å². The Hall–Kier alpha value is -1.26. The van der Waals surface area contributed by atoms with Crippen molar-refractivity contribution in [3.8, 4) is 11.5 Å². The van der Waals surface area contributed by atoms with Crippen LogP contribution in [0.3, 0.4) is 0 Å². The van der Waals surface area contributed by atoms with Crippen LogP contribution in [0.1, 0.15) is 51.0 Å². The van der Waals surface area contributed by atoms with Crippen LogP contribution in [0.5, 0.6) is 11.5 Å². The van der Waals surface area contributed by atoms with E-state index >= 15 is 0 Å². The minimum atomic E-state index is 0.374. The smallest absolute Gasteiger partial charge is 0.165 e. The van der Waals surface area contributed by atoms with Gasteiger partial charge in [-0.05, 0) is 31.9 Å². The van der Waals surface area contributed by atoms with Gasteiger partial charge >= 0.3 is 0 Å². The standard InChI is InChI=1S/C20H32N2O2/c1-4-21-17-13-20(11-6-5-7-12-20)22(15-17)14-16-9-8-10-18(23-2)19(16)24-3/h8-10,17,21H,4-7,11-15H2,1-3H3. The van der Waals surface area contributed by atoms with Gasteiger partial charge in [0.25, 0.3) is 0 Å². The van der Waals surface area contributed by atoms with Crippen LogP contribution in [0.15, 0.2) is 18.2 Å². The van der Waals surface area contributed by atoms with Gasteiger partial charge in [-0.3, -0.25) is 4.90 Å². The Bertz CT molecular complexity index is 540. The normalized spacial score (nSPS) is 23.5. The largest absolute Gasteiger partial charge is 0.493 e. The molecule has 1 aliphatic carbocycles. The van der Waals surface area contributed by atoms with Crippen molar-refractivity contribution in [1.29, 1.82) is 0 Å². The number of nitrogens with one attached hydrogen (secondary N) is 1. The van der Waals surface area contributed by atoms with Crippen LogP contribution in [-0.2, 0) is 6.54 Å². The number of hydrogen-bond acceptors (Lipinski definition) is 4. The highest BCUT2D eigenvalue weighted by molar-refractivity contribution is 5.46. The Morgan fingerprint density at radius 3 is 2.62 bits per heavy atom. The summed E-state index contributed by atoms with van der Waals surface area (Å²) in [6, 6.07) is 6.84. The van der Waals surface area contributed by atoms with Crippen molar-refractivity contribution in [2.24, 2.45) is 0 Å². The average molecular weight is 332 g/mol. The molecule has 1 aromatic rings. The third kappa shape index (κ3) is 3.40. The van der Waals surface area contributed by atoms with Gasteiger partial charge in [0, 0.05) is 30.2 Å². The number of methoxy groups -OCH3 is 2. The van der Waals surface area contributed by atoms with E-state index in [2.05, 4.69) is 29.3 Å². The summed E-state index contributed by atoms with van der Waals surface area (Å²) < 4.78 is 11.1. The monoisotopic (exact) mass is 332 g/mol. The Kier molecular flexibility index (Phi) is 5.67. The van der Waals surface area contributed by atoms with E-state index in [1.165, 1.54) is 44.1 Å². The fourth-order valence-electron chi connectivity index (χ4n) is 4.78. The number of benzene rings is 1. The van der Waals surface area contributed by atoms with Gasteiger partial charge in [0.1, 0.15) is 0 Å². The molecule has 1 heterocycles. The second kappa shape index (κ2) is 7.75. The summed E-state index contributed by atoms with van der Waals surface area (Å²) in [4.78, 5) is 2.72. The highest BCUT2D eigenvalue weighted by Crippen LogP contribution is 2.43. The van der Waals surface area contributed by atoms with Gasteiger partial charge in [-0.1, -0.05) is 38.3 Å². The Labute approximate surface area is 146 Å². The Morgan fingerprint density at radius 1 is 1.17 bits per heavy atom. The summed E-state index contributed by atoms with van der Waals surface area (Å²) in [5.41, 5.74) is 1.61. The van der Waals surface area contributed by atoms with Crippen LogP contribution in [0.25, 0.3) is 0 Å². The first kappa shape index (κ1) is 17.6. The molecule has 1 N–H and O–H groups in total. The molecule has 1 saturated carbocycles. The van der Waals surface area contributed by atoms with Crippen molar-refractivity contribution in [3.63, 3.8) is 0 Å². The van der Waals surface area contributed by atoms with Crippen molar-refractivity contribution in [2.45, 2.75) is 63.6 Å². The van der Waals surface area contributed by atoms with Crippen LogP contribution in [-0.4, -0.2) is 43.8 Å². The van der Waals surface area contributed by atoms with Crippen molar-refractivity contribution in [3.05, 3.63) is 23.8 Å². The molecule has 0 bridgehead atoms. The van der Waals surface area contributed by atoms with Crippen molar-refractivity contribution in [1.82, 2.24) is 10.2 Å². The highest BCUT2D eigenvalue weighted by Gasteiger charge is 2.45. The van der Waals surface area contributed by atoms with Crippen LogP contribution in [0, 0.1) is 0 Å². The lowest BCUT2D eigenvalue weighted by Crippen LogP contribution is -2.44. The molecule has 1 saturated heterocycles. The van der Waals surface area contributed by atoms with Crippen molar-refractivity contribution >= 4 is 0 Å². The number of likely N-dealkylation sites (N-methyl/N-ethyl adjacent to an activating group) is 1. The summed E-state index contributed by atoms with van der Waals surface area (Å²) in [6.07, 6.45) is 8.08. The average Bonchev–Trinajstić information content (AvgIpc) is 2.92. The van der Waals surface area contributed by atoms with Crippen LogP contribution < -0.4 is 14.8 Å². The SMILES string of the molecule is CCNC1CN(Cc2cccc(OC)c2OC)C2(CCCCC2)C1. The maximum absolute atomic E-state index is 5.66. The highest BCUT2D eigenvalue weighted by atomic mass is 16.5. The first-order valence-corrected chi connectivity index (χ1v) is 9.40. The molecule has 1 spiro atoms. The molecule has 3 rings (SSSR count). The zero-order valence-corrected chi connectivity index (χ0v) is 15.4. The van der Waals surface area contributed by atoms with E-state index in [9.17, 15) is 0 Å². The lowest BCUT2D eigenvalue weighted by Gasteiger charge is -2.41. The molecule has 0 amide bonds. The first-order valence-electron chi connectivity index (χ1n) is 9.40. The number of likely N-dealkylation sites (tertiary alicyclic amines) is 1. The molecule has 134 valence electrons. The summed E-state index contributed by atoms with van der Waals surface area (Å²) in [5.74, 6) is 1.72. The van der Waals surface area contributed by atoms with Crippen LogP contribution in [0.4, 0.5) is 0 Å². The minimum absolute atomic E-state index is 0.374. The predicted octanol–water partition coefficient (Wildman–Crippen LogP) is 3.59. The fourth-order valence-corrected chi connectivity index (χ4v) is 4.78. The van der Waals surface area contributed by atoms with Crippen LogP contribution >= 0.6 is 0 Å². The molecule has 0 radical (unpaired) electrons. The Balaban J connectivity index is 1.84. The molecular formula is C20H32N2O2. The number of nitrogens with zero attached hydrogens (tertiary/aromatic N) is 1. The molecule has 0 aromatic heterocycles. The summed E-state index contributed by atoms with van der Waals surface area (Å²) in [5, 5.41) is 3.69. The lowest BCUT2D eigenvalue weighted by molar-refractivity contribution is 0.0849.